The van der Waals surface area contributed by atoms with Crippen LogP contribution in [0.25, 0.3) is 0 Å². The molecule has 4 heteroatoms. The van der Waals surface area contributed by atoms with Gasteiger partial charge in [0.2, 0.25) is 0 Å². The third kappa shape index (κ3) is 2.31. The van der Waals surface area contributed by atoms with Crippen molar-refractivity contribution in [2.24, 2.45) is 5.92 Å². The number of nitrogens with zero attached hydrogens (tertiary/aromatic N) is 1. The summed E-state index contributed by atoms with van der Waals surface area (Å²) in [6.45, 7) is 6.46. The Labute approximate surface area is 109 Å². The number of halogens is 1. The van der Waals surface area contributed by atoms with E-state index in [4.69, 9.17) is 0 Å². The standard InChI is InChI=1S/C12H17IN2O/c1-7(2)6-8-9(13)10(16)15-11(14-8)12(3)4-5-12/h7H,4-6H2,1-3H3,(H,14,15,16). The first-order valence-electron chi connectivity index (χ1n) is 5.71. The van der Waals surface area contributed by atoms with Gasteiger partial charge in [-0.1, -0.05) is 20.8 Å². The predicted molar refractivity (Wildman–Crippen MR) is 72.7 cm³/mol. The van der Waals surface area contributed by atoms with Crippen molar-refractivity contribution in [3.8, 4) is 0 Å². The van der Waals surface area contributed by atoms with Crippen molar-refractivity contribution in [3.05, 3.63) is 25.4 Å². The van der Waals surface area contributed by atoms with Gasteiger partial charge in [0.15, 0.2) is 0 Å². The summed E-state index contributed by atoms with van der Waals surface area (Å²) in [7, 11) is 0. The van der Waals surface area contributed by atoms with Crippen molar-refractivity contribution in [1.82, 2.24) is 9.97 Å². The lowest BCUT2D eigenvalue weighted by atomic mass is 10.1. The minimum Gasteiger partial charge on any atom is -0.309 e. The maximum Gasteiger partial charge on any atom is 0.264 e. The monoisotopic (exact) mass is 332 g/mol. The molecule has 0 amide bonds. The Bertz CT molecular complexity index is 461. The molecule has 0 aromatic carbocycles. The molecule has 1 fully saturated rings. The van der Waals surface area contributed by atoms with Gasteiger partial charge >= 0.3 is 0 Å². The zero-order chi connectivity index (χ0) is 11.9. The molecule has 0 radical (unpaired) electrons. The van der Waals surface area contributed by atoms with Crippen LogP contribution in [0.15, 0.2) is 4.79 Å². The number of hydrogen-bond acceptors (Lipinski definition) is 2. The van der Waals surface area contributed by atoms with E-state index in [0.29, 0.717) is 5.92 Å². The van der Waals surface area contributed by atoms with Gasteiger partial charge in [-0.3, -0.25) is 4.79 Å². The zero-order valence-electron chi connectivity index (χ0n) is 9.93. The largest absolute Gasteiger partial charge is 0.309 e. The van der Waals surface area contributed by atoms with Crippen molar-refractivity contribution < 1.29 is 0 Å². The van der Waals surface area contributed by atoms with E-state index in [0.717, 1.165) is 34.4 Å². The van der Waals surface area contributed by atoms with Gasteiger partial charge in [-0.2, -0.15) is 0 Å². The molecule has 0 atom stereocenters. The number of aromatic nitrogens is 2. The third-order valence-corrected chi connectivity index (χ3v) is 4.22. The van der Waals surface area contributed by atoms with Crippen LogP contribution in [-0.4, -0.2) is 9.97 Å². The van der Waals surface area contributed by atoms with E-state index in [1.54, 1.807) is 0 Å². The first-order valence-corrected chi connectivity index (χ1v) is 6.79. The first kappa shape index (κ1) is 12.1. The lowest BCUT2D eigenvalue weighted by Gasteiger charge is -2.12. The Morgan fingerprint density at radius 1 is 1.50 bits per heavy atom. The number of H-pyrrole nitrogens is 1. The second-order valence-corrected chi connectivity index (χ2v) is 6.41. The quantitative estimate of drug-likeness (QED) is 0.865. The Morgan fingerprint density at radius 2 is 2.12 bits per heavy atom. The molecule has 88 valence electrons. The fraction of sp³-hybridized carbons (Fsp3) is 0.667. The molecule has 3 nitrogen and oxygen atoms in total. The Kier molecular flexibility index (Phi) is 3.11. The highest BCUT2D eigenvalue weighted by Crippen LogP contribution is 2.45. The zero-order valence-corrected chi connectivity index (χ0v) is 12.1. The van der Waals surface area contributed by atoms with Crippen molar-refractivity contribution in [1.29, 1.82) is 0 Å². The van der Waals surface area contributed by atoms with E-state index in [-0.39, 0.29) is 11.0 Å². The van der Waals surface area contributed by atoms with E-state index in [9.17, 15) is 4.79 Å². The van der Waals surface area contributed by atoms with Gasteiger partial charge in [0.1, 0.15) is 5.82 Å². The average Bonchev–Trinajstić information content (AvgIpc) is 2.92. The SMILES string of the molecule is CC(C)Cc1nc(C2(C)CC2)[nH]c(=O)c1I. The van der Waals surface area contributed by atoms with Crippen LogP contribution >= 0.6 is 22.6 Å². The molecular formula is C12H17IN2O. The van der Waals surface area contributed by atoms with Crippen molar-refractivity contribution >= 4 is 22.6 Å². The fourth-order valence-electron chi connectivity index (χ4n) is 1.74. The van der Waals surface area contributed by atoms with E-state index < -0.39 is 0 Å². The van der Waals surface area contributed by atoms with Crippen LogP contribution in [0.1, 0.15) is 45.1 Å². The van der Waals surface area contributed by atoms with Crippen LogP contribution in [0, 0.1) is 9.49 Å². The lowest BCUT2D eigenvalue weighted by molar-refractivity contribution is 0.613. The summed E-state index contributed by atoms with van der Waals surface area (Å²) in [5.74, 6) is 1.41. The van der Waals surface area contributed by atoms with Crippen LogP contribution in [-0.2, 0) is 11.8 Å². The summed E-state index contributed by atoms with van der Waals surface area (Å²) in [6, 6.07) is 0. The Hall–Kier alpha value is -0.390. The van der Waals surface area contributed by atoms with Gasteiger partial charge in [0.05, 0.1) is 9.26 Å². The van der Waals surface area contributed by atoms with Gasteiger partial charge in [0.25, 0.3) is 5.56 Å². The number of nitrogens with one attached hydrogen (secondary N) is 1. The summed E-state index contributed by atoms with van der Waals surface area (Å²) < 4.78 is 0.749. The maximum atomic E-state index is 11.8. The van der Waals surface area contributed by atoms with Gasteiger partial charge in [0, 0.05) is 5.41 Å². The van der Waals surface area contributed by atoms with Crippen molar-refractivity contribution in [3.63, 3.8) is 0 Å². The van der Waals surface area contributed by atoms with E-state index >= 15 is 0 Å². The highest BCUT2D eigenvalue weighted by atomic mass is 127. The molecule has 1 N–H and O–H groups in total. The molecule has 16 heavy (non-hydrogen) atoms. The predicted octanol–water partition coefficient (Wildman–Crippen LogP) is 2.62. The normalized spacial score (nSPS) is 17.8. The molecule has 0 spiro atoms. The van der Waals surface area contributed by atoms with E-state index in [1.807, 2.05) is 0 Å². The second kappa shape index (κ2) is 4.13. The number of rotatable bonds is 3. The number of aromatic amines is 1. The molecule has 0 saturated heterocycles. The highest BCUT2D eigenvalue weighted by Gasteiger charge is 2.42. The first-order chi connectivity index (χ1) is 7.42. The average molecular weight is 332 g/mol. The molecule has 0 unspecified atom stereocenters. The van der Waals surface area contributed by atoms with E-state index in [2.05, 4.69) is 53.3 Å². The molecular weight excluding hydrogens is 315 g/mol. The maximum absolute atomic E-state index is 11.8. The molecule has 0 bridgehead atoms. The van der Waals surface area contributed by atoms with Crippen molar-refractivity contribution in [2.75, 3.05) is 0 Å². The van der Waals surface area contributed by atoms with Crippen molar-refractivity contribution in [2.45, 2.75) is 45.4 Å². The molecule has 1 aliphatic carbocycles. The van der Waals surface area contributed by atoms with Crippen LogP contribution in [0.5, 0.6) is 0 Å². The minimum atomic E-state index is 0.0226. The van der Waals surface area contributed by atoms with Crippen LogP contribution < -0.4 is 5.56 Å². The summed E-state index contributed by atoms with van der Waals surface area (Å²) in [5.41, 5.74) is 1.12. The van der Waals surface area contributed by atoms with Gasteiger partial charge < -0.3 is 4.98 Å². The molecule has 1 heterocycles. The minimum absolute atomic E-state index is 0.0226. The summed E-state index contributed by atoms with van der Waals surface area (Å²) in [6.07, 6.45) is 3.15. The summed E-state index contributed by atoms with van der Waals surface area (Å²) in [4.78, 5) is 19.4. The topological polar surface area (TPSA) is 45.8 Å². The van der Waals surface area contributed by atoms with Gasteiger partial charge in [-0.25, -0.2) is 4.98 Å². The van der Waals surface area contributed by atoms with Crippen LogP contribution in [0.3, 0.4) is 0 Å². The lowest BCUT2D eigenvalue weighted by Crippen LogP contribution is -2.22. The van der Waals surface area contributed by atoms with E-state index in [1.165, 1.54) is 0 Å². The number of hydrogen-bond donors (Lipinski definition) is 1. The molecule has 1 aromatic heterocycles. The van der Waals surface area contributed by atoms with Crippen LogP contribution in [0.2, 0.25) is 0 Å². The molecule has 1 aliphatic rings. The van der Waals surface area contributed by atoms with Crippen LogP contribution in [0.4, 0.5) is 0 Å². The van der Waals surface area contributed by atoms with Gasteiger partial charge in [-0.15, -0.1) is 0 Å². The Balaban J connectivity index is 2.43. The fourth-order valence-corrected chi connectivity index (χ4v) is 2.21. The molecule has 2 rings (SSSR count). The highest BCUT2D eigenvalue weighted by molar-refractivity contribution is 14.1. The molecule has 1 aromatic rings. The third-order valence-electron chi connectivity index (χ3n) is 3.10. The molecule has 0 aliphatic heterocycles. The smallest absolute Gasteiger partial charge is 0.264 e. The van der Waals surface area contributed by atoms with Gasteiger partial charge in [-0.05, 0) is 47.8 Å². The molecule has 1 saturated carbocycles. The second-order valence-electron chi connectivity index (χ2n) is 5.33. The Morgan fingerprint density at radius 3 is 2.62 bits per heavy atom. The summed E-state index contributed by atoms with van der Waals surface area (Å²) in [5, 5.41) is 0. The summed E-state index contributed by atoms with van der Waals surface area (Å²) >= 11 is 2.10.